The molecule has 0 bridgehead atoms. The SMILES string of the molecule is CC(C)(C)OC(=O)NC[C@H]1CCCN(c2nc3ccccc3n2Cc2ccccc2C#N)C1. The first-order valence-electron chi connectivity index (χ1n) is 11.5. The fourth-order valence-electron chi connectivity index (χ4n) is 4.35. The maximum absolute atomic E-state index is 12.1. The second kappa shape index (κ2) is 9.53. The summed E-state index contributed by atoms with van der Waals surface area (Å²) in [6.45, 7) is 8.46. The molecular weight excluding hydrogens is 414 g/mol. The van der Waals surface area contributed by atoms with Crippen molar-refractivity contribution in [1.29, 1.82) is 5.26 Å². The third-order valence-electron chi connectivity index (χ3n) is 5.84. The van der Waals surface area contributed by atoms with Crippen LogP contribution in [0.1, 0.15) is 44.7 Å². The van der Waals surface area contributed by atoms with Crippen molar-refractivity contribution in [3.8, 4) is 6.07 Å². The predicted octanol–water partition coefficient (Wildman–Crippen LogP) is 4.70. The van der Waals surface area contributed by atoms with Gasteiger partial charge in [-0.3, -0.25) is 0 Å². The van der Waals surface area contributed by atoms with Gasteiger partial charge in [-0.1, -0.05) is 30.3 Å². The average Bonchev–Trinajstić information content (AvgIpc) is 3.16. The zero-order chi connectivity index (χ0) is 23.4. The number of aromatic nitrogens is 2. The molecule has 0 unspecified atom stereocenters. The zero-order valence-electron chi connectivity index (χ0n) is 19.5. The highest BCUT2D eigenvalue weighted by molar-refractivity contribution is 5.79. The Labute approximate surface area is 195 Å². The third-order valence-corrected chi connectivity index (χ3v) is 5.84. The van der Waals surface area contributed by atoms with Gasteiger partial charge in [0.1, 0.15) is 5.60 Å². The van der Waals surface area contributed by atoms with Crippen LogP contribution >= 0.6 is 0 Å². The summed E-state index contributed by atoms with van der Waals surface area (Å²) in [6.07, 6.45) is 1.70. The number of nitrogens with zero attached hydrogens (tertiary/aromatic N) is 4. The largest absolute Gasteiger partial charge is 0.444 e. The van der Waals surface area contributed by atoms with Gasteiger partial charge in [-0.15, -0.1) is 0 Å². The van der Waals surface area contributed by atoms with Gasteiger partial charge in [-0.2, -0.15) is 5.26 Å². The second-order valence-corrected chi connectivity index (χ2v) is 9.59. The van der Waals surface area contributed by atoms with Crippen LogP contribution in [0.5, 0.6) is 0 Å². The van der Waals surface area contributed by atoms with E-state index in [1.807, 2.05) is 63.2 Å². The Bertz CT molecular complexity index is 1170. The quantitative estimate of drug-likeness (QED) is 0.616. The lowest BCUT2D eigenvalue weighted by atomic mass is 9.98. The third kappa shape index (κ3) is 5.46. The van der Waals surface area contributed by atoms with E-state index in [0.717, 1.165) is 48.5 Å². The fourth-order valence-corrected chi connectivity index (χ4v) is 4.35. The molecule has 1 aromatic heterocycles. The first-order chi connectivity index (χ1) is 15.8. The summed E-state index contributed by atoms with van der Waals surface area (Å²) in [7, 11) is 0. The minimum Gasteiger partial charge on any atom is -0.444 e. The fraction of sp³-hybridized carbons (Fsp3) is 0.423. The summed E-state index contributed by atoms with van der Waals surface area (Å²) >= 11 is 0. The number of anilines is 1. The highest BCUT2D eigenvalue weighted by atomic mass is 16.6. The molecule has 7 nitrogen and oxygen atoms in total. The molecule has 2 aromatic carbocycles. The molecule has 172 valence electrons. The van der Waals surface area contributed by atoms with E-state index in [1.165, 1.54) is 0 Å². The molecule has 1 N–H and O–H groups in total. The number of rotatable bonds is 5. The number of para-hydroxylation sites is 2. The highest BCUT2D eigenvalue weighted by Gasteiger charge is 2.26. The monoisotopic (exact) mass is 445 g/mol. The van der Waals surface area contributed by atoms with Gasteiger partial charge in [0.25, 0.3) is 0 Å². The maximum atomic E-state index is 12.1. The van der Waals surface area contributed by atoms with Crippen molar-refractivity contribution in [2.75, 3.05) is 24.5 Å². The Balaban J connectivity index is 1.56. The van der Waals surface area contributed by atoms with Crippen molar-refractivity contribution in [1.82, 2.24) is 14.9 Å². The van der Waals surface area contributed by atoms with Crippen LogP contribution in [0.25, 0.3) is 11.0 Å². The summed E-state index contributed by atoms with van der Waals surface area (Å²) in [6, 6.07) is 18.1. The number of carbonyl (C=O) groups is 1. The zero-order valence-corrected chi connectivity index (χ0v) is 19.5. The number of benzene rings is 2. The van der Waals surface area contributed by atoms with Crippen molar-refractivity contribution in [3.05, 3.63) is 59.7 Å². The molecular formula is C26H31N5O2. The van der Waals surface area contributed by atoms with E-state index in [4.69, 9.17) is 9.72 Å². The van der Waals surface area contributed by atoms with Crippen LogP contribution in [0.15, 0.2) is 48.5 Å². The van der Waals surface area contributed by atoms with E-state index in [-0.39, 0.29) is 6.09 Å². The van der Waals surface area contributed by atoms with Gasteiger partial charge in [-0.25, -0.2) is 9.78 Å². The lowest BCUT2D eigenvalue weighted by Crippen LogP contribution is -2.43. The molecule has 1 saturated heterocycles. The average molecular weight is 446 g/mol. The van der Waals surface area contributed by atoms with Crippen LogP contribution in [-0.2, 0) is 11.3 Å². The number of nitriles is 1. The van der Waals surface area contributed by atoms with Gasteiger partial charge in [0.15, 0.2) is 0 Å². The van der Waals surface area contributed by atoms with E-state index < -0.39 is 5.60 Å². The lowest BCUT2D eigenvalue weighted by molar-refractivity contribution is 0.0517. The normalized spacial score (nSPS) is 16.4. The van der Waals surface area contributed by atoms with Gasteiger partial charge in [0, 0.05) is 19.6 Å². The van der Waals surface area contributed by atoms with Crippen LogP contribution in [0.3, 0.4) is 0 Å². The Morgan fingerprint density at radius 1 is 1.21 bits per heavy atom. The molecule has 0 aliphatic carbocycles. The number of imidazole rings is 1. The number of amides is 1. The van der Waals surface area contributed by atoms with Crippen LogP contribution in [0.4, 0.5) is 10.7 Å². The van der Waals surface area contributed by atoms with Crippen molar-refractivity contribution in [2.45, 2.75) is 45.8 Å². The molecule has 0 spiro atoms. The molecule has 33 heavy (non-hydrogen) atoms. The van der Waals surface area contributed by atoms with Crippen LogP contribution in [0, 0.1) is 17.2 Å². The Morgan fingerprint density at radius 2 is 1.97 bits per heavy atom. The van der Waals surface area contributed by atoms with E-state index in [1.54, 1.807) is 0 Å². The summed E-state index contributed by atoms with van der Waals surface area (Å²) < 4.78 is 7.58. The Morgan fingerprint density at radius 3 is 2.76 bits per heavy atom. The number of nitrogens with one attached hydrogen (secondary N) is 1. The van der Waals surface area contributed by atoms with Crippen LogP contribution in [-0.4, -0.2) is 40.9 Å². The van der Waals surface area contributed by atoms with Crippen LogP contribution < -0.4 is 10.2 Å². The molecule has 1 atom stereocenters. The number of hydrogen-bond acceptors (Lipinski definition) is 5. The summed E-state index contributed by atoms with van der Waals surface area (Å²) in [5, 5.41) is 12.5. The minimum absolute atomic E-state index is 0.311. The molecule has 0 radical (unpaired) electrons. The molecule has 1 aliphatic rings. The lowest BCUT2D eigenvalue weighted by Gasteiger charge is -2.34. The molecule has 0 saturated carbocycles. The van der Waals surface area contributed by atoms with Gasteiger partial charge in [0.2, 0.25) is 5.95 Å². The molecule has 1 fully saturated rings. The predicted molar refractivity (Wildman–Crippen MR) is 129 cm³/mol. The van der Waals surface area contributed by atoms with Crippen molar-refractivity contribution in [3.63, 3.8) is 0 Å². The summed E-state index contributed by atoms with van der Waals surface area (Å²) in [4.78, 5) is 19.4. The number of carbonyl (C=O) groups excluding carboxylic acids is 1. The van der Waals surface area contributed by atoms with Crippen molar-refractivity contribution < 1.29 is 9.53 Å². The molecule has 1 amide bonds. The molecule has 4 rings (SSSR count). The molecule has 1 aliphatic heterocycles. The summed E-state index contributed by atoms with van der Waals surface area (Å²) in [5.41, 5.74) is 3.14. The first-order valence-corrected chi connectivity index (χ1v) is 11.5. The topological polar surface area (TPSA) is 83.2 Å². The molecule has 3 aromatic rings. The van der Waals surface area contributed by atoms with Gasteiger partial charge in [-0.05, 0) is 63.3 Å². The maximum Gasteiger partial charge on any atom is 0.407 e. The van der Waals surface area contributed by atoms with E-state index in [0.29, 0.717) is 24.6 Å². The van der Waals surface area contributed by atoms with E-state index >= 15 is 0 Å². The number of fused-ring (bicyclic) bond motifs is 1. The van der Waals surface area contributed by atoms with E-state index in [9.17, 15) is 10.1 Å². The minimum atomic E-state index is -0.507. The van der Waals surface area contributed by atoms with Gasteiger partial charge < -0.3 is 19.5 Å². The standard InChI is InChI=1S/C26H31N5O2/c1-26(2,3)33-25(32)28-16-19-9-8-14-30(17-19)24-29-22-12-6-7-13-23(22)31(24)18-21-11-5-4-10-20(21)15-27/h4-7,10-13,19H,8-9,14,16-18H2,1-3H3,(H,28,32)/t19-/m1/s1. The molecule has 7 heteroatoms. The Hall–Kier alpha value is -3.53. The number of piperidine rings is 1. The van der Waals surface area contributed by atoms with Crippen LogP contribution in [0.2, 0.25) is 0 Å². The van der Waals surface area contributed by atoms with E-state index in [2.05, 4.69) is 26.9 Å². The summed E-state index contributed by atoms with van der Waals surface area (Å²) in [5.74, 6) is 1.22. The molecule has 2 heterocycles. The Kier molecular flexibility index (Phi) is 6.55. The van der Waals surface area contributed by atoms with Crippen molar-refractivity contribution >= 4 is 23.1 Å². The smallest absolute Gasteiger partial charge is 0.407 e. The van der Waals surface area contributed by atoms with Gasteiger partial charge in [0.05, 0.1) is 29.2 Å². The van der Waals surface area contributed by atoms with Crippen molar-refractivity contribution in [2.24, 2.45) is 5.92 Å². The van der Waals surface area contributed by atoms with Gasteiger partial charge >= 0.3 is 6.09 Å². The number of alkyl carbamates (subject to hydrolysis) is 1. The first kappa shape index (κ1) is 22.7. The highest BCUT2D eigenvalue weighted by Crippen LogP contribution is 2.28. The number of hydrogen-bond donors (Lipinski definition) is 1. The number of ether oxygens (including phenoxy) is 1. The second-order valence-electron chi connectivity index (χ2n) is 9.59.